The van der Waals surface area contributed by atoms with Gasteiger partial charge in [0.1, 0.15) is 5.25 Å². The minimum atomic E-state index is -3.08. The quantitative estimate of drug-likeness (QED) is 0.679. The molecule has 3 amide bonds. The average molecular weight is 479 g/mol. The molecule has 0 aliphatic carbocycles. The third-order valence-electron chi connectivity index (χ3n) is 5.97. The van der Waals surface area contributed by atoms with Crippen molar-refractivity contribution in [3.05, 3.63) is 29.8 Å². The maximum atomic E-state index is 12.7. The molecule has 1 aromatic rings. The second-order valence-electron chi connectivity index (χ2n) is 8.34. The van der Waals surface area contributed by atoms with E-state index < -0.39 is 15.1 Å². The molecule has 0 radical (unpaired) electrons. The molecule has 3 aliphatic heterocycles. The van der Waals surface area contributed by atoms with Crippen LogP contribution in [0.5, 0.6) is 0 Å². The number of carbonyl (C=O) groups excluding carboxylic acids is 3. The summed E-state index contributed by atoms with van der Waals surface area (Å²) < 4.78 is 23.3. The zero-order valence-electron chi connectivity index (χ0n) is 17.8. The Kier molecular flexibility index (Phi) is 6.57. The van der Waals surface area contributed by atoms with Gasteiger partial charge in [0, 0.05) is 43.9 Å². The second kappa shape index (κ2) is 9.22. The molecule has 2 unspecified atom stereocenters. The van der Waals surface area contributed by atoms with Crippen molar-refractivity contribution in [1.82, 2.24) is 9.80 Å². The van der Waals surface area contributed by atoms with E-state index in [2.05, 4.69) is 15.2 Å². The highest BCUT2D eigenvalue weighted by atomic mass is 32.2. The van der Waals surface area contributed by atoms with Gasteiger partial charge in [-0.15, -0.1) is 0 Å². The average Bonchev–Trinajstić information content (AvgIpc) is 3.48. The molecule has 1 aromatic carbocycles. The minimum absolute atomic E-state index is 0.00946. The van der Waals surface area contributed by atoms with Gasteiger partial charge < -0.3 is 15.1 Å². The van der Waals surface area contributed by atoms with Gasteiger partial charge in [-0.1, -0.05) is 11.8 Å². The summed E-state index contributed by atoms with van der Waals surface area (Å²) in [5, 5.41) is 2.97. The van der Waals surface area contributed by atoms with Crippen LogP contribution in [0.1, 0.15) is 36.0 Å². The first-order valence-corrected chi connectivity index (χ1v) is 13.3. The summed E-state index contributed by atoms with van der Waals surface area (Å²) in [7, 11) is -1.47. The number of rotatable bonds is 5. The van der Waals surface area contributed by atoms with Crippen LogP contribution in [0.4, 0.5) is 5.69 Å². The number of nitrogens with one attached hydrogen (secondary N) is 1. The first-order valence-electron chi connectivity index (χ1n) is 10.6. The van der Waals surface area contributed by atoms with E-state index in [0.29, 0.717) is 22.8 Å². The highest BCUT2D eigenvalue weighted by Gasteiger charge is 2.34. The number of aliphatic imine (C=N–C) groups is 1. The van der Waals surface area contributed by atoms with E-state index in [1.807, 2.05) is 0 Å². The fraction of sp³-hybridized carbons (Fsp3) is 0.524. The Morgan fingerprint density at radius 2 is 1.91 bits per heavy atom. The largest absolute Gasteiger partial charge is 0.351 e. The van der Waals surface area contributed by atoms with Crippen molar-refractivity contribution in [3.8, 4) is 0 Å². The van der Waals surface area contributed by atoms with Crippen LogP contribution < -0.4 is 5.32 Å². The predicted molar refractivity (Wildman–Crippen MR) is 123 cm³/mol. The SMILES string of the molecule is CN(C(=O)c1ccc(NC(=O)CC2SC(N3CCCC3)=NC2=O)cc1)C1CCS(=O)(=O)C1. The van der Waals surface area contributed by atoms with Crippen molar-refractivity contribution < 1.29 is 22.8 Å². The Bertz CT molecular complexity index is 1050. The van der Waals surface area contributed by atoms with Crippen LogP contribution in [-0.4, -0.2) is 84.0 Å². The summed E-state index contributed by atoms with van der Waals surface area (Å²) in [5.41, 5.74) is 0.939. The Morgan fingerprint density at radius 1 is 1.22 bits per heavy atom. The molecule has 2 atom stereocenters. The number of amides is 3. The molecule has 2 saturated heterocycles. The Labute approximate surface area is 191 Å². The van der Waals surface area contributed by atoms with E-state index >= 15 is 0 Å². The van der Waals surface area contributed by atoms with E-state index in [1.54, 1.807) is 31.3 Å². The van der Waals surface area contributed by atoms with Gasteiger partial charge in [-0.3, -0.25) is 14.4 Å². The highest BCUT2D eigenvalue weighted by Crippen LogP contribution is 2.29. The number of nitrogens with zero attached hydrogens (tertiary/aromatic N) is 3. The Morgan fingerprint density at radius 3 is 2.53 bits per heavy atom. The molecule has 172 valence electrons. The van der Waals surface area contributed by atoms with Gasteiger partial charge in [-0.2, -0.15) is 4.99 Å². The molecule has 32 heavy (non-hydrogen) atoms. The lowest BCUT2D eigenvalue weighted by Gasteiger charge is -2.23. The van der Waals surface area contributed by atoms with E-state index in [0.717, 1.165) is 25.9 Å². The summed E-state index contributed by atoms with van der Waals surface area (Å²) in [4.78, 5) is 44.9. The van der Waals surface area contributed by atoms with Gasteiger partial charge in [0.15, 0.2) is 15.0 Å². The zero-order chi connectivity index (χ0) is 22.9. The zero-order valence-corrected chi connectivity index (χ0v) is 19.5. The number of hydrogen-bond acceptors (Lipinski definition) is 7. The molecular weight excluding hydrogens is 452 g/mol. The molecule has 0 aromatic heterocycles. The molecule has 0 spiro atoms. The fourth-order valence-electron chi connectivity index (χ4n) is 4.08. The molecule has 0 saturated carbocycles. The number of amidine groups is 1. The number of benzene rings is 1. The minimum Gasteiger partial charge on any atom is -0.351 e. The van der Waals surface area contributed by atoms with Gasteiger partial charge in [0.25, 0.3) is 11.8 Å². The molecule has 0 bridgehead atoms. The lowest BCUT2D eigenvalue weighted by atomic mass is 10.1. The molecule has 1 N–H and O–H groups in total. The summed E-state index contributed by atoms with van der Waals surface area (Å²) in [6.07, 6.45) is 2.66. The van der Waals surface area contributed by atoms with Crippen molar-refractivity contribution in [2.24, 2.45) is 4.99 Å². The highest BCUT2D eigenvalue weighted by molar-refractivity contribution is 8.15. The Balaban J connectivity index is 1.29. The monoisotopic (exact) mass is 478 g/mol. The Hall–Kier alpha value is -2.40. The van der Waals surface area contributed by atoms with Gasteiger partial charge in [-0.05, 0) is 43.5 Å². The van der Waals surface area contributed by atoms with Gasteiger partial charge in [-0.25, -0.2) is 8.42 Å². The van der Waals surface area contributed by atoms with Crippen molar-refractivity contribution in [3.63, 3.8) is 0 Å². The van der Waals surface area contributed by atoms with Gasteiger partial charge in [0.05, 0.1) is 11.5 Å². The predicted octanol–water partition coefficient (Wildman–Crippen LogP) is 1.37. The number of sulfone groups is 1. The number of likely N-dealkylation sites (tertiary alicyclic amines) is 1. The molecular formula is C21H26N4O5S2. The third kappa shape index (κ3) is 5.15. The van der Waals surface area contributed by atoms with Crippen LogP contribution in [0, 0.1) is 0 Å². The van der Waals surface area contributed by atoms with Gasteiger partial charge >= 0.3 is 0 Å². The molecule has 2 fully saturated rings. The molecule has 4 rings (SSSR count). The third-order valence-corrected chi connectivity index (χ3v) is 8.93. The molecule has 9 nitrogen and oxygen atoms in total. The fourth-order valence-corrected chi connectivity index (χ4v) is 6.97. The van der Waals surface area contributed by atoms with Crippen LogP contribution >= 0.6 is 11.8 Å². The first kappa shape index (κ1) is 22.8. The van der Waals surface area contributed by atoms with Crippen molar-refractivity contribution in [2.75, 3.05) is 37.0 Å². The number of thioether (sulfide) groups is 1. The van der Waals surface area contributed by atoms with Gasteiger partial charge in [0.2, 0.25) is 5.91 Å². The van der Waals surface area contributed by atoms with Crippen LogP contribution in [0.2, 0.25) is 0 Å². The van der Waals surface area contributed by atoms with Crippen molar-refractivity contribution in [2.45, 2.75) is 37.0 Å². The van der Waals surface area contributed by atoms with E-state index in [-0.39, 0.29) is 41.7 Å². The maximum Gasteiger partial charge on any atom is 0.262 e. The van der Waals surface area contributed by atoms with Crippen LogP contribution in [-0.2, 0) is 19.4 Å². The molecule has 3 aliphatic rings. The van der Waals surface area contributed by atoms with E-state index in [4.69, 9.17) is 0 Å². The summed E-state index contributed by atoms with van der Waals surface area (Å²) in [6.45, 7) is 1.80. The smallest absolute Gasteiger partial charge is 0.262 e. The van der Waals surface area contributed by atoms with Crippen molar-refractivity contribution >= 4 is 50.2 Å². The summed E-state index contributed by atoms with van der Waals surface area (Å²) in [6, 6.07) is 6.13. The summed E-state index contributed by atoms with van der Waals surface area (Å²) in [5.74, 6) is -0.729. The number of hydrogen-bond donors (Lipinski definition) is 1. The van der Waals surface area contributed by atoms with Crippen LogP contribution in [0.15, 0.2) is 29.3 Å². The van der Waals surface area contributed by atoms with E-state index in [1.165, 1.54) is 16.7 Å². The number of carbonyl (C=O) groups is 3. The first-order chi connectivity index (χ1) is 15.2. The molecule has 3 heterocycles. The normalized spacial score (nSPS) is 24.5. The second-order valence-corrected chi connectivity index (χ2v) is 11.7. The lowest BCUT2D eigenvalue weighted by Crippen LogP contribution is -2.37. The lowest BCUT2D eigenvalue weighted by molar-refractivity contribution is -0.121. The standard InChI is InChI=1S/C21H26N4O5S2/c1-24(16-8-11-32(29,30)13-16)20(28)14-4-6-15(7-5-14)22-18(26)12-17-19(27)23-21(31-17)25-9-2-3-10-25/h4-7,16-17H,2-3,8-13H2,1H3,(H,22,26). The molecule has 11 heteroatoms. The number of anilines is 1. The maximum absolute atomic E-state index is 12.7. The van der Waals surface area contributed by atoms with Crippen LogP contribution in [0.3, 0.4) is 0 Å². The summed E-state index contributed by atoms with van der Waals surface area (Å²) >= 11 is 1.35. The van der Waals surface area contributed by atoms with Crippen LogP contribution in [0.25, 0.3) is 0 Å². The van der Waals surface area contributed by atoms with E-state index in [9.17, 15) is 22.8 Å². The van der Waals surface area contributed by atoms with Crippen molar-refractivity contribution in [1.29, 1.82) is 0 Å². The topological polar surface area (TPSA) is 116 Å².